The summed E-state index contributed by atoms with van der Waals surface area (Å²) in [5.74, 6) is 1.25. The molecule has 0 bridgehead atoms. The fraction of sp³-hybridized carbons (Fsp3) is 0.652. The van der Waals surface area contributed by atoms with Gasteiger partial charge in [-0.2, -0.15) is 0 Å². The largest absolute Gasteiger partial charge is 0.476 e. The minimum absolute atomic E-state index is 0.0556. The van der Waals surface area contributed by atoms with Gasteiger partial charge in [-0.1, -0.05) is 19.8 Å². The van der Waals surface area contributed by atoms with Crippen molar-refractivity contribution in [1.82, 2.24) is 4.90 Å². The highest BCUT2D eigenvalue weighted by Gasteiger charge is 2.40. The van der Waals surface area contributed by atoms with Gasteiger partial charge in [0, 0.05) is 24.7 Å². The third kappa shape index (κ3) is 3.63. The van der Waals surface area contributed by atoms with Gasteiger partial charge in [0.15, 0.2) is 5.60 Å². The van der Waals surface area contributed by atoms with E-state index in [1.54, 1.807) is 25.8 Å². The van der Waals surface area contributed by atoms with E-state index in [9.17, 15) is 9.59 Å². The number of aryl methyl sites for hydroxylation is 1. The average molecular weight is 387 g/mol. The van der Waals surface area contributed by atoms with Crippen molar-refractivity contribution in [1.29, 1.82) is 0 Å². The maximum absolute atomic E-state index is 13.6. The first-order valence-corrected chi connectivity index (χ1v) is 10.5. The number of ether oxygens (including phenoxy) is 1. The molecular formula is C23H34N2O3. The van der Waals surface area contributed by atoms with Gasteiger partial charge in [0.1, 0.15) is 5.75 Å². The Labute approximate surface area is 169 Å². The zero-order valence-electron chi connectivity index (χ0n) is 18.3. The molecule has 154 valence electrons. The summed E-state index contributed by atoms with van der Waals surface area (Å²) in [5, 5.41) is 0. The Balaban J connectivity index is 1.98. The van der Waals surface area contributed by atoms with Crippen LogP contribution in [-0.2, 0) is 4.79 Å². The van der Waals surface area contributed by atoms with Gasteiger partial charge in [-0.05, 0) is 71.1 Å². The van der Waals surface area contributed by atoms with E-state index < -0.39 is 5.60 Å². The number of nitrogens with zero attached hydrogens (tertiary/aromatic N) is 2. The molecule has 1 aromatic carbocycles. The van der Waals surface area contributed by atoms with E-state index in [1.807, 2.05) is 19.1 Å². The van der Waals surface area contributed by atoms with Crippen LogP contribution in [0.25, 0.3) is 0 Å². The van der Waals surface area contributed by atoms with Crippen LogP contribution in [0.15, 0.2) is 12.1 Å². The summed E-state index contributed by atoms with van der Waals surface area (Å²) in [6.45, 7) is 11.9. The lowest BCUT2D eigenvalue weighted by molar-refractivity contribution is -0.132. The maximum atomic E-state index is 13.6. The first kappa shape index (κ1) is 20.7. The smallest absolute Gasteiger partial charge is 0.270 e. The first-order valence-electron chi connectivity index (χ1n) is 10.5. The van der Waals surface area contributed by atoms with Crippen molar-refractivity contribution in [3.63, 3.8) is 0 Å². The van der Waals surface area contributed by atoms with Gasteiger partial charge in [-0.25, -0.2) is 0 Å². The van der Waals surface area contributed by atoms with Crippen molar-refractivity contribution in [3.05, 3.63) is 23.3 Å². The van der Waals surface area contributed by atoms with Gasteiger partial charge in [-0.3, -0.25) is 9.59 Å². The second kappa shape index (κ2) is 7.41. The second-order valence-electron chi connectivity index (χ2n) is 9.34. The third-order valence-corrected chi connectivity index (χ3v) is 6.18. The molecule has 1 aromatic rings. The molecule has 3 rings (SSSR count). The molecule has 1 aliphatic heterocycles. The monoisotopic (exact) mass is 386 g/mol. The zero-order chi connectivity index (χ0) is 20.8. The van der Waals surface area contributed by atoms with Gasteiger partial charge in [-0.15, -0.1) is 0 Å². The summed E-state index contributed by atoms with van der Waals surface area (Å²) in [6.07, 6.45) is 4.54. The summed E-state index contributed by atoms with van der Waals surface area (Å²) in [5.41, 5.74) is 1.31. The standard InChI is InChI=1S/C23H34N2O3/c1-14(2)25(17-10-8-9-15(3)11-17)21(26)18-13-19-20(12-16(18)4)28-23(5,6)22(27)24(19)7/h12-15,17H,8-11H2,1-7H3. The summed E-state index contributed by atoms with van der Waals surface area (Å²) < 4.78 is 5.94. The highest BCUT2D eigenvalue weighted by atomic mass is 16.5. The summed E-state index contributed by atoms with van der Waals surface area (Å²) in [6, 6.07) is 4.14. The number of carbonyl (C=O) groups excluding carboxylic acids is 2. The molecule has 2 aliphatic rings. The molecule has 0 N–H and O–H groups in total. The predicted molar refractivity (Wildman–Crippen MR) is 112 cm³/mol. The molecule has 1 aliphatic carbocycles. The van der Waals surface area contributed by atoms with Gasteiger partial charge < -0.3 is 14.5 Å². The Kier molecular flexibility index (Phi) is 5.48. The van der Waals surface area contributed by atoms with Gasteiger partial charge in [0.2, 0.25) is 0 Å². The van der Waals surface area contributed by atoms with Crippen LogP contribution in [0.2, 0.25) is 0 Å². The molecule has 28 heavy (non-hydrogen) atoms. The molecule has 1 fully saturated rings. The minimum Gasteiger partial charge on any atom is -0.476 e. The molecular weight excluding hydrogens is 352 g/mol. The molecule has 2 unspecified atom stereocenters. The number of rotatable bonds is 3. The van der Waals surface area contributed by atoms with Crippen LogP contribution in [0.5, 0.6) is 5.75 Å². The zero-order valence-corrected chi connectivity index (χ0v) is 18.3. The first-order chi connectivity index (χ1) is 13.0. The fourth-order valence-electron chi connectivity index (χ4n) is 4.69. The van der Waals surface area contributed by atoms with Crippen LogP contribution in [0.4, 0.5) is 5.69 Å². The van der Waals surface area contributed by atoms with Crippen LogP contribution < -0.4 is 9.64 Å². The van der Waals surface area contributed by atoms with E-state index in [-0.39, 0.29) is 23.9 Å². The molecule has 0 saturated heterocycles. The quantitative estimate of drug-likeness (QED) is 0.765. The Hall–Kier alpha value is -2.04. The highest BCUT2D eigenvalue weighted by Crippen LogP contribution is 2.39. The van der Waals surface area contributed by atoms with Crippen molar-refractivity contribution in [2.24, 2.45) is 5.92 Å². The number of fused-ring (bicyclic) bond motifs is 1. The van der Waals surface area contributed by atoms with E-state index in [1.165, 1.54) is 12.8 Å². The molecule has 2 amide bonds. The molecule has 1 saturated carbocycles. The molecule has 0 spiro atoms. The molecule has 2 atom stereocenters. The predicted octanol–water partition coefficient (Wildman–Crippen LogP) is 4.56. The Bertz CT molecular complexity index is 784. The average Bonchev–Trinajstić information content (AvgIpc) is 2.59. The fourth-order valence-corrected chi connectivity index (χ4v) is 4.69. The number of carbonyl (C=O) groups is 2. The van der Waals surface area contributed by atoms with Crippen LogP contribution in [0, 0.1) is 12.8 Å². The number of benzene rings is 1. The van der Waals surface area contributed by atoms with Crippen LogP contribution >= 0.6 is 0 Å². The van der Waals surface area contributed by atoms with E-state index in [0.717, 1.165) is 18.4 Å². The maximum Gasteiger partial charge on any atom is 0.270 e. The molecule has 1 heterocycles. The molecule has 5 heteroatoms. The third-order valence-electron chi connectivity index (χ3n) is 6.18. The lowest BCUT2D eigenvalue weighted by atomic mass is 9.85. The van der Waals surface area contributed by atoms with E-state index in [0.29, 0.717) is 22.9 Å². The van der Waals surface area contributed by atoms with Crippen molar-refractivity contribution in [3.8, 4) is 5.75 Å². The Morgan fingerprint density at radius 3 is 2.57 bits per heavy atom. The van der Waals surface area contributed by atoms with Gasteiger partial charge in [0.05, 0.1) is 5.69 Å². The van der Waals surface area contributed by atoms with E-state index in [4.69, 9.17) is 4.74 Å². The van der Waals surface area contributed by atoms with Crippen LogP contribution in [-0.4, -0.2) is 41.4 Å². The summed E-state index contributed by atoms with van der Waals surface area (Å²) >= 11 is 0. The molecule has 5 nitrogen and oxygen atoms in total. The lowest BCUT2D eigenvalue weighted by Gasteiger charge is -2.40. The Morgan fingerprint density at radius 2 is 1.96 bits per heavy atom. The van der Waals surface area contributed by atoms with Gasteiger partial charge >= 0.3 is 0 Å². The number of likely N-dealkylation sites (N-methyl/N-ethyl adjacent to an activating group) is 1. The summed E-state index contributed by atoms with van der Waals surface area (Å²) in [4.78, 5) is 29.9. The van der Waals surface area contributed by atoms with Crippen LogP contribution in [0.1, 0.15) is 76.2 Å². The van der Waals surface area contributed by atoms with Crippen LogP contribution in [0.3, 0.4) is 0 Å². The van der Waals surface area contributed by atoms with Crippen molar-refractivity contribution in [2.45, 2.75) is 84.9 Å². The summed E-state index contributed by atoms with van der Waals surface area (Å²) in [7, 11) is 1.75. The number of anilines is 1. The van der Waals surface area contributed by atoms with Crippen molar-refractivity contribution >= 4 is 17.5 Å². The van der Waals surface area contributed by atoms with E-state index in [2.05, 4.69) is 25.7 Å². The minimum atomic E-state index is -0.901. The van der Waals surface area contributed by atoms with Crippen molar-refractivity contribution < 1.29 is 14.3 Å². The number of amides is 2. The lowest BCUT2D eigenvalue weighted by Crippen LogP contribution is -2.51. The highest BCUT2D eigenvalue weighted by molar-refractivity contribution is 6.04. The topological polar surface area (TPSA) is 49.9 Å². The van der Waals surface area contributed by atoms with Crippen molar-refractivity contribution in [2.75, 3.05) is 11.9 Å². The molecule has 0 radical (unpaired) electrons. The normalized spacial score (nSPS) is 24.0. The number of hydrogen-bond acceptors (Lipinski definition) is 3. The second-order valence-corrected chi connectivity index (χ2v) is 9.34. The molecule has 0 aromatic heterocycles. The Morgan fingerprint density at radius 1 is 1.29 bits per heavy atom. The van der Waals surface area contributed by atoms with Gasteiger partial charge in [0.25, 0.3) is 11.8 Å². The number of hydrogen-bond donors (Lipinski definition) is 0. The SMILES string of the molecule is Cc1cc2c(cc1C(=O)N(C(C)C)C1CCCC(C)C1)N(C)C(=O)C(C)(C)O2. The van der Waals surface area contributed by atoms with E-state index >= 15 is 0 Å².